The first-order chi connectivity index (χ1) is 7.66. The standard InChI is InChI=1S/C10H10F3NS2/c11-7(9(12)13)3-4-15-10-14-8(5-16-10)6-1-2-6/h5-6H,1-4H2. The monoisotopic (exact) mass is 265 g/mol. The van der Waals surface area contributed by atoms with Crippen molar-refractivity contribution in [1.29, 1.82) is 0 Å². The molecule has 1 fully saturated rings. The van der Waals surface area contributed by atoms with Crippen molar-refractivity contribution in [2.75, 3.05) is 5.75 Å². The molecule has 1 saturated carbocycles. The van der Waals surface area contributed by atoms with Crippen molar-refractivity contribution in [1.82, 2.24) is 4.98 Å². The average molecular weight is 265 g/mol. The van der Waals surface area contributed by atoms with Gasteiger partial charge in [0, 0.05) is 23.5 Å². The largest absolute Gasteiger partial charge is 0.301 e. The highest BCUT2D eigenvalue weighted by Crippen LogP contribution is 2.41. The molecule has 0 bridgehead atoms. The zero-order valence-electron chi connectivity index (χ0n) is 8.38. The molecule has 1 aromatic rings. The first kappa shape index (κ1) is 12.0. The Morgan fingerprint density at radius 2 is 2.19 bits per heavy atom. The number of rotatable bonds is 5. The third kappa shape index (κ3) is 3.25. The van der Waals surface area contributed by atoms with Gasteiger partial charge < -0.3 is 0 Å². The lowest BCUT2D eigenvalue weighted by Gasteiger charge is -1.95. The smallest absolute Gasteiger partial charge is 0.234 e. The van der Waals surface area contributed by atoms with Crippen LogP contribution >= 0.6 is 23.1 Å². The highest BCUT2D eigenvalue weighted by atomic mass is 32.2. The number of hydrogen-bond acceptors (Lipinski definition) is 3. The third-order valence-electron chi connectivity index (χ3n) is 2.25. The molecule has 1 aliphatic rings. The molecular weight excluding hydrogens is 255 g/mol. The van der Waals surface area contributed by atoms with Crippen LogP contribution in [0.25, 0.3) is 0 Å². The van der Waals surface area contributed by atoms with Crippen LogP contribution in [0.2, 0.25) is 0 Å². The molecule has 0 N–H and O–H groups in total. The van der Waals surface area contributed by atoms with E-state index in [0.717, 1.165) is 10.0 Å². The van der Waals surface area contributed by atoms with E-state index in [-0.39, 0.29) is 6.42 Å². The third-order valence-corrected chi connectivity index (χ3v) is 4.29. The second-order valence-electron chi connectivity index (χ2n) is 3.58. The van der Waals surface area contributed by atoms with Gasteiger partial charge >= 0.3 is 6.08 Å². The lowest BCUT2D eigenvalue weighted by molar-refractivity contribution is 0.373. The zero-order valence-corrected chi connectivity index (χ0v) is 10.0. The topological polar surface area (TPSA) is 12.9 Å². The molecule has 0 amide bonds. The molecule has 0 radical (unpaired) electrons. The molecule has 1 heterocycles. The van der Waals surface area contributed by atoms with Crippen LogP contribution in [0.15, 0.2) is 21.6 Å². The van der Waals surface area contributed by atoms with Crippen molar-refractivity contribution in [3.05, 3.63) is 23.0 Å². The number of nitrogens with zero attached hydrogens (tertiary/aromatic N) is 1. The second-order valence-corrected chi connectivity index (χ2v) is 5.78. The first-order valence-electron chi connectivity index (χ1n) is 4.94. The van der Waals surface area contributed by atoms with Gasteiger partial charge in [-0.3, -0.25) is 0 Å². The summed E-state index contributed by atoms with van der Waals surface area (Å²) < 4.78 is 36.8. The van der Waals surface area contributed by atoms with Gasteiger partial charge in [0.1, 0.15) is 4.34 Å². The maximum atomic E-state index is 12.5. The molecule has 0 aliphatic heterocycles. The molecule has 0 spiro atoms. The summed E-state index contributed by atoms with van der Waals surface area (Å²) in [4.78, 5) is 4.37. The van der Waals surface area contributed by atoms with Crippen LogP contribution in [-0.4, -0.2) is 10.7 Å². The normalized spacial score (nSPS) is 15.2. The van der Waals surface area contributed by atoms with Gasteiger partial charge in [-0.1, -0.05) is 11.8 Å². The van der Waals surface area contributed by atoms with E-state index < -0.39 is 11.9 Å². The molecule has 88 valence electrons. The van der Waals surface area contributed by atoms with Crippen molar-refractivity contribution < 1.29 is 13.2 Å². The van der Waals surface area contributed by atoms with Gasteiger partial charge in [-0.2, -0.15) is 8.78 Å². The highest BCUT2D eigenvalue weighted by molar-refractivity contribution is 8.01. The van der Waals surface area contributed by atoms with Crippen molar-refractivity contribution in [3.63, 3.8) is 0 Å². The average Bonchev–Trinajstić information content (AvgIpc) is 2.99. The Bertz CT molecular complexity index is 395. The summed E-state index contributed by atoms with van der Waals surface area (Å²) in [5.74, 6) is -0.405. The maximum absolute atomic E-state index is 12.5. The predicted molar refractivity (Wildman–Crippen MR) is 59.8 cm³/mol. The predicted octanol–water partition coefficient (Wildman–Crippen LogP) is 4.58. The minimum Gasteiger partial charge on any atom is -0.234 e. The molecular formula is C10H10F3NS2. The van der Waals surface area contributed by atoms with E-state index in [9.17, 15) is 13.2 Å². The van der Waals surface area contributed by atoms with Crippen molar-refractivity contribution >= 4 is 23.1 Å². The van der Waals surface area contributed by atoms with E-state index in [4.69, 9.17) is 0 Å². The lowest BCUT2D eigenvalue weighted by atomic mass is 10.3. The van der Waals surface area contributed by atoms with E-state index in [2.05, 4.69) is 4.98 Å². The van der Waals surface area contributed by atoms with E-state index in [0.29, 0.717) is 11.7 Å². The molecule has 1 aliphatic carbocycles. The molecule has 0 saturated heterocycles. The van der Waals surface area contributed by atoms with Crippen LogP contribution in [0.4, 0.5) is 13.2 Å². The van der Waals surface area contributed by atoms with Crippen LogP contribution in [0, 0.1) is 0 Å². The minimum absolute atomic E-state index is 0.231. The van der Waals surface area contributed by atoms with E-state index in [1.165, 1.54) is 35.9 Å². The van der Waals surface area contributed by atoms with Gasteiger partial charge in [-0.25, -0.2) is 9.37 Å². The molecule has 2 rings (SSSR count). The van der Waals surface area contributed by atoms with Crippen LogP contribution in [0.1, 0.15) is 30.9 Å². The van der Waals surface area contributed by atoms with E-state index >= 15 is 0 Å². The fourth-order valence-electron chi connectivity index (χ4n) is 1.22. The van der Waals surface area contributed by atoms with E-state index in [1.807, 2.05) is 5.38 Å². The van der Waals surface area contributed by atoms with Crippen molar-refractivity contribution in [3.8, 4) is 0 Å². The van der Waals surface area contributed by atoms with Crippen molar-refractivity contribution in [2.45, 2.75) is 29.5 Å². The summed E-state index contributed by atoms with van der Waals surface area (Å²) in [6.07, 6.45) is -0.0552. The SMILES string of the molecule is FC(F)=C(F)CCSc1nc(C2CC2)cs1. The van der Waals surface area contributed by atoms with Gasteiger partial charge in [0.15, 0.2) is 5.83 Å². The first-order valence-corrected chi connectivity index (χ1v) is 6.81. The fraction of sp³-hybridized carbons (Fsp3) is 0.500. The molecule has 1 nitrogen and oxygen atoms in total. The minimum atomic E-state index is -2.21. The van der Waals surface area contributed by atoms with Crippen molar-refractivity contribution in [2.24, 2.45) is 0 Å². The van der Waals surface area contributed by atoms with Crippen LogP contribution < -0.4 is 0 Å². The molecule has 0 aromatic carbocycles. The Hall–Kier alpha value is -0.490. The summed E-state index contributed by atoms with van der Waals surface area (Å²) in [6.45, 7) is 0. The number of thioether (sulfide) groups is 1. The number of halogens is 3. The van der Waals surface area contributed by atoms with Gasteiger partial charge in [0.2, 0.25) is 0 Å². The summed E-state index contributed by atoms with van der Waals surface area (Å²) in [5.41, 5.74) is 1.10. The Labute approximate surface area is 99.8 Å². The Morgan fingerprint density at radius 1 is 1.44 bits per heavy atom. The zero-order chi connectivity index (χ0) is 11.5. The second kappa shape index (κ2) is 5.23. The van der Waals surface area contributed by atoms with Crippen LogP contribution in [0.3, 0.4) is 0 Å². The quantitative estimate of drug-likeness (QED) is 0.723. The Kier molecular flexibility index (Phi) is 3.91. The van der Waals surface area contributed by atoms with Crippen LogP contribution in [-0.2, 0) is 0 Å². The molecule has 0 atom stereocenters. The number of allylic oxidation sites excluding steroid dienone is 1. The lowest BCUT2D eigenvalue weighted by Crippen LogP contribution is -1.83. The van der Waals surface area contributed by atoms with Gasteiger partial charge in [-0.15, -0.1) is 11.3 Å². The Balaban J connectivity index is 1.78. The molecule has 6 heteroatoms. The molecule has 0 unspecified atom stereocenters. The summed E-state index contributed by atoms with van der Waals surface area (Å²) >= 11 is 2.84. The maximum Gasteiger partial charge on any atom is 0.301 e. The summed E-state index contributed by atoms with van der Waals surface area (Å²) in [7, 11) is 0. The fourth-order valence-corrected chi connectivity index (χ4v) is 3.14. The van der Waals surface area contributed by atoms with Gasteiger partial charge in [-0.05, 0) is 12.8 Å². The van der Waals surface area contributed by atoms with Gasteiger partial charge in [0.05, 0.1) is 5.69 Å². The van der Waals surface area contributed by atoms with E-state index in [1.54, 1.807) is 0 Å². The number of hydrogen-bond donors (Lipinski definition) is 0. The van der Waals surface area contributed by atoms with Gasteiger partial charge in [0.25, 0.3) is 0 Å². The Morgan fingerprint density at radius 3 is 2.81 bits per heavy atom. The highest BCUT2D eigenvalue weighted by Gasteiger charge is 2.25. The summed E-state index contributed by atoms with van der Waals surface area (Å²) in [5, 5.41) is 2.00. The van der Waals surface area contributed by atoms with Crippen LogP contribution in [0.5, 0.6) is 0 Å². The summed E-state index contributed by atoms with van der Waals surface area (Å²) in [6, 6.07) is 0. The number of aromatic nitrogens is 1. The molecule has 16 heavy (non-hydrogen) atoms. The number of thiazole rings is 1. The molecule has 1 aromatic heterocycles.